The van der Waals surface area contributed by atoms with Gasteiger partial charge in [0.1, 0.15) is 18.2 Å². The summed E-state index contributed by atoms with van der Waals surface area (Å²) in [6.07, 6.45) is 2.45. The molecule has 6 heteroatoms. The quantitative estimate of drug-likeness (QED) is 0.353. The summed E-state index contributed by atoms with van der Waals surface area (Å²) in [4.78, 5) is 6.82. The Morgan fingerprint density at radius 1 is 1.38 bits per heavy atom. The standard InChI is InChI=1S/C15H22FN3O.HI/c1-2-17-15(19-9-3-4-10-19)18-8-11-20-14-7-5-6-13(16)12-14;/h5-7,12H,2-4,8-11H2,1H3,(H,17,18);1H. The molecule has 0 atom stereocenters. The van der Waals surface area contributed by atoms with Crippen molar-refractivity contribution in [1.82, 2.24) is 10.2 Å². The Morgan fingerprint density at radius 3 is 2.81 bits per heavy atom. The number of hydrogen-bond donors (Lipinski definition) is 1. The number of hydrogen-bond acceptors (Lipinski definition) is 2. The van der Waals surface area contributed by atoms with Gasteiger partial charge in [-0.3, -0.25) is 0 Å². The first-order chi connectivity index (χ1) is 9.79. The summed E-state index contributed by atoms with van der Waals surface area (Å²) in [5, 5.41) is 3.29. The third-order valence-electron chi connectivity index (χ3n) is 3.16. The first kappa shape index (κ1) is 18.0. The molecule has 0 unspecified atom stereocenters. The van der Waals surface area contributed by atoms with Crippen molar-refractivity contribution in [1.29, 1.82) is 0 Å². The van der Waals surface area contributed by atoms with Gasteiger partial charge in [-0.15, -0.1) is 24.0 Å². The van der Waals surface area contributed by atoms with Gasteiger partial charge in [0.15, 0.2) is 5.96 Å². The Hall–Kier alpha value is -1.05. The fourth-order valence-corrected chi connectivity index (χ4v) is 2.23. The highest BCUT2D eigenvalue weighted by Gasteiger charge is 2.15. The van der Waals surface area contributed by atoms with Crippen LogP contribution in [0, 0.1) is 5.82 Å². The molecule has 4 nitrogen and oxygen atoms in total. The number of aliphatic imine (C=N–C) groups is 1. The SMILES string of the molecule is CCNC(=NCCOc1cccc(F)c1)N1CCCC1.I. The second-order valence-electron chi connectivity index (χ2n) is 4.74. The second kappa shape index (κ2) is 9.81. The van der Waals surface area contributed by atoms with Crippen LogP contribution in [0.5, 0.6) is 5.75 Å². The van der Waals surface area contributed by atoms with Crippen LogP contribution in [0.2, 0.25) is 0 Å². The Morgan fingerprint density at radius 2 is 2.14 bits per heavy atom. The van der Waals surface area contributed by atoms with Gasteiger partial charge in [0.05, 0.1) is 6.54 Å². The Labute approximate surface area is 142 Å². The summed E-state index contributed by atoms with van der Waals surface area (Å²) < 4.78 is 18.5. The summed E-state index contributed by atoms with van der Waals surface area (Å²) in [6, 6.07) is 6.18. The third-order valence-corrected chi connectivity index (χ3v) is 3.16. The topological polar surface area (TPSA) is 36.9 Å². The first-order valence-electron chi connectivity index (χ1n) is 7.21. The molecular weight excluding hydrogens is 384 g/mol. The van der Waals surface area contributed by atoms with E-state index in [4.69, 9.17) is 4.74 Å². The number of halogens is 2. The molecule has 0 amide bonds. The van der Waals surface area contributed by atoms with Crippen LogP contribution < -0.4 is 10.1 Å². The summed E-state index contributed by atoms with van der Waals surface area (Å²) in [6.45, 7) is 6.07. The van der Waals surface area contributed by atoms with Crippen molar-refractivity contribution in [3.8, 4) is 5.75 Å². The molecule has 0 radical (unpaired) electrons. The predicted octanol–water partition coefficient (Wildman–Crippen LogP) is 2.88. The average Bonchev–Trinajstić information content (AvgIpc) is 2.96. The number of guanidine groups is 1. The van der Waals surface area contributed by atoms with E-state index in [1.165, 1.54) is 25.0 Å². The van der Waals surface area contributed by atoms with Crippen molar-refractivity contribution in [2.45, 2.75) is 19.8 Å². The summed E-state index contributed by atoms with van der Waals surface area (Å²) in [7, 11) is 0. The van der Waals surface area contributed by atoms with Crippen LogP contribution in [0.25, 0.3) is 0 Å². The maximum absolute atomic E-state index is 13.0. The zero-order chi connectivity index (χ0) is 14.2. The van der Waals surface area contributed by atoms with E-state index >= 15 is 0 Å². The van der Waals surface area contributed by atoms with Crippen LogP contribution in [-0.2, 0) is 0 Å². The highest BCUT2D eigenvalue weighted by atomic mass is 127. The van der Waals surface area contributed by atoms with Gasteiger partial charge >= 0.3 is 0 Å². The molecular formula is C15H23FIN3O. The summed E-state index contributed by atoms with van der Waals surface area (Å²) in [5.41, 5.74) is 0. The number of rotatable bonds is 5. The van der Waals surface area contributed by atoms with Crippen LogP contribution >= 0.6 is 24.0 Å². The van der Waals surface area contributed by atoms with Crippen molar-refractivity contribution < 1.29 is 9.13 Å². The van der Waals surface area contributed by atoms with Crippen LogP contribution in [0.3, 0.4) is 0 Å². The number of nitrogens with one attached hydrogen (secondary N) is 1. The number of likely N-dealkylation sites (tertiary alicyclic amines) is 1. The molecule has 1 N–H and O–H groups in total. The van der Waals surface area contributed by atoms with E-state index in [-0.39, 0.29) is 29.8 Å². The molecule has 2 rings (SSSR count). The fourth-order valence-electron chi connectivity index (χ4n) is 2.23. The lowest BCUT2D eigenvalue weighted by Gasteiger charge is -2.20. The lowest BCUT2D eigenvalue weighted by atomic mass is 10.3. The molecule has 0 aliphatic carbocycles. The molecule has 0 spiro atoms. The largest absolute Gasteiger partial charge is 0.492 e. The third kappa shape index (κ3) is 6.07. The number of benzene rings is 1. The molecule has 1 fully saturated rings. The summed E-state index contributed by atoms with van der Waals surface area (Å²) >= 11 is 0. The molecule has 1 aliphatic rings. The van der Waals surface area contributed by atoms with Crippen molar-refractivity contribution in [2.24, 2.45) is 4.99 Å². The maximum Gasteiger partial charge on any atom is 0.194 e. The van der Waals surface area contributed by atoms with E-state index in [0.29, 0.717) is 18.9 Å². The zero-order valence-electron chi connectivity index (χ0n) is 12.3. The van der Waals surface area contributed by atoms with Gasteiger partial charge in [0, 0.05) is 25.7 Å². The van der Waals surface area contributed by atoms with Crippen LogP contribution in [0.15, 0.2) is 29.3 Å². The Bertz CT molecular complexity index is 450. The Balaban J connectivity index is 0.00000220. The molecule has 0 bridgehead atoms. The first-order valence-corrected chi connectivity index (χ1v) is 7.21. The van der Waals surface area contributed by atoms with Crippen molar-refractivity contribution in [2.75, 3.05) is 32.8 Å². The fraction of sp³-hybridized carbons (Fsp3) is 0.533. The van der Waals surface area contributed by atoms with Crippen molar-refractivity contribution in [3.05, 3.63) is 30.1 Å². The van der Waals surface area contributed by atoms with Gasteiger partial charge in [-0.2, -0.15) is 0 Å². The van der Waals surface area contributed by atoms with Gasteiger partial charge in [-0.1, -0.05) is 6.07 Å². The van der Waals surface area contributed by atoms with E-state index in [1.54, 1.807) is 12.1 Å². The van der Waals surface area contributed by atoms with E-state index in [0.717, 1.165) is 25.6 Å². The van der Waals surface area contributed by atoms with Crippen molar-refractivity contribution in [3.63, 3.8) is 0 Å². The van der Waals surface area contributed by atoms with Gasteiger partial charge < -0.3 is 15.0 Å². The highest BCUT2D eigenvalue weighted by molar-refractivity contribution is 14.0. The normalized spacial score (nSPS) is 14.8. The lowest BCUT2D eigenvalue weighted by molar-refractivity contribution is 0.325. The molecule has 1 aromatic carbocycles. The Kier molecular flexibility index (Phi) is 8.41. The molecule has 1 heterocycles. The molecule has 21 heavy (non-hydrogen) atoms. The lowest BCUT2D eigenvalue weighted by Crippen LogP contribution is -2.39. The number of ether oxygens (including phenoxy) is 1. The maximum atomic E-state index is 13.0. The van der Waals surface area contributed by atoms with Crippen LogP contribution in [0.4, 0.5) is 4.39 Å². The van der Waals surface area contributed by atoms with Gasteiger partial charge in [-0.25, -0.2) is 9.38 Å². The van der Waals surface area contributed by atoms with Gasteiger partial charge in [0.25, 0.3) is 0 Å². The molecule has 1 saturated heterocycles. The van der Waals surface area contributed by atoms with E-state index in [1.807, 2.05) is 0 Å². The highest BCUT2D eigenvalue weighted by Crippen LogP contribution is 2.11. The molecule has 118 valence electrons. The average molecular weight is 407 g/mol. The molecule has 0 saturated carbocycles. The van der Waals surface area contributed by atoms with Crippen LogP contribution in [0.1, 0.15) is 19.8 Å². The summed E-state index contributed by atoms with van der Waals surface area (Å²) in [5.74, 6) is 1.22. The van der Waals surface area contributed by atoms with E-state index in [9.17, 15) is 4.39 Å². The van der Waals surface area contributed by atoms with Gasteiger partial charge in [-0.05, 0) is 31.9 Å². The van der Waals surface area contributed by atoms with Crippen molar-refractivity contribution >= 4 is 29.9 Å². The van der Waals surface area contributed by atoms with E-state index < -0.39 is 0 Å². The van der Waals surface area contributed by atoms with Gasteiger partial charge in [0.2, 0.25) is 0 Å². The van der Waals surface area contributed by atoms with Crippen LogP contribution in [-0.4, -0.2) is 43.6 Å². The molecule has 1 aliphatic heterocycles. The predicted molar refractivity (Wildman–Crippen MR) is 94.1 cm³/mol. The minimum Gasteiger partial charge on any atom is -0.492 e. The van der Waals surface area contributed by atoms with E-state index in [2.05, 4.69) is 22.1 Å². The minimum absolute atomic E-state index is 0. The second-order valence-corrected chi connectivity index (χ2v) is 4.74. The number of nitrogens with zero attached hydrogens (tertiary/aromatic N) is 2. The minimum atomic E-state index is -0.281. The monoisotopic (exact) mass is 407 g/mol. The zero-order valence-corrected chi connectivity index (χ0v) is 14.7. The molecule has 1 aromatic rings. The molecule has 0 aromatic heterocycles. The smallest absolute Gasteiger partial charge is 0.194 e.